The fourth-order valence-electron chi connectivity index (χ4n) is 5.97. The van der Waals surface area contributed by atoms with Crippen molar-refractivity contribution in [3.63, 3.8) is 0 Å². The van der Waals surface area contributed by atoms with Gasteiger partial charge in [-0.3, -0.25) is 9.58 Å². The average molecular weight is 464 g/mol. The molecular formula is C24H32F3N5O. The van der Waals surface area contributed by atoms with Gasteiger partial charge in [0.15, 0.2) is 0 Å². The van der Waals surface area contributed by atoms with Gasteiger partial charge in [0.05, 0.1) is 24.5 Å². The van der Waals surface area contributed by atoms with Crippen LogP contribution in [0.5, 0.6) is 0 Å². The molecule has 33 heavy (non-hydrogen) atoms. The van der Waals surface area contributed by atoms with Crippen LogP contribution < -0.4 is 5.73 Å². The van der Waals surface area contributed by atoms with Crippen LogP contribution in [0, 0.1) is 11.8 Å². The highest BCUT2D eigenvalue weighted by Crippen LogP contribution is 2.64. The molecular weight excluding hydrogens is 431 g/mol. The number of nitrogens with two attached hydrogens (primary N) is 1. The van der Waals surface area contributed by atoms with E-state index in [1.165, 1.54) is 19.0 Å². The minimum absolute atomic E-state index is 0.175. The number of aromatic nitrogens is 3. The molecule has 0 bridgehead atoms. The summed E-state index contributed by atoms with van der Waals surface area (Å²) in [5.74, 6) is 1.16. The predicted molar refractivity (Wildman–Crippen MR) is 120 cm³/mol. The Hall–Kier alpha value is -2.13. The van der Waals surface area contributed by atoms with Gasteiger partial charge >= 0.3 is 6.18 Å². The molecule has 2 aromatic heterocycles. The second-order valence-electron chi connectivity index (χ2n) is 9.95. The number of anilines is 1. The standard InChI is InChI=1S/C24H32F3N5O/c1-4-13(2)32-21(10-20(30-32)15-7-19(24(25,26)27)23(28)29-11-15)22-17-8-16(9-18(17)22)31-5-6-33-12-14(31)3/h7,10-11,13-14,16-18,22H,4-6,8-9,12H2,1-3H3,(H2,28,29)/t13?,14-,16?,17-,18+,22?/m0/s1. The van der Waals surface area contributed by atoms with Gasteiger partial charge in [0.2, 0.25) is 0 Å². The van der Waals surface area contributed by atoms with E-state index in [0.29, 0.717) is 41.1 Å². The Balaban J connectivity index is 1.40. The number of rotatable bonds is 5. The van der Waals surface area contributed by atoms with Crippen molar-refractivity contribution in [2.75, 3.05) is 25.5 Å². The number of fused-ring (bicyclic) bond motifs is 1. The second-order valence-corrected chi connectivity index (χ2v) is 9.95. The molecule has 0 aromatic carbocycles. The number of ether oxygens (including phenoxy) is 1. The number of nitrogen functional groups attached to an aromatic ring is 1. The molecule has 5 rings (SSSR count). The fraction of sp³-hybridized carbons (Fsp3) is 0.667. The third kappa shape index (κ3) is 4.03. The van der Waals surface area contributed by atoms with Crippen LogP contribution in [0.2, 0.25) is 0 Å². The molecule has 180 valence electrons. The highest BCUT2D eigenvalue weighted by atomic mass is 19.4. The van der Waals surface area contributed by atoms with Crippen molar-refractivity contribution in [1.82, 2.24) is 19.7 Å². The number of morpholine rings is 1. The lowest BCUT2D eigenvalue weighted by atomic mass is 10.0. The number of pyridine rings is 1. The van der Waals surface area contributed by atoms with E-state index in [9.17, 15) is 13.2 Å². The lowest BCUT2D eigenvalue weighted by Gasteiger charge is -2.38. The van der Waals surface area contributed by atoms with Crippen LogP contribution in [0.25, 0.3) is 11.3 Å². The first kappa shape index (κ1) is 22.7. The summed E-state index contributed by atoms with van der Waals surface area (Å²) in [6.07, 6.45) is 0.0815. The molecule has 3 aliphatic rings. The normalized spacial score (nSPS) is 30.9. The molecule has 3 heterocycles. The first-order chi connectivity index (χ1) is 15.7. The summed E-state index contributed by atoms with van der Waals surface area (Å²) in [5.41, 5.74) is 6.62. The molecule has 6 atom stereocenters. The van der Waals surface area contributed by atoms with Crippen molar-refractivity contribution in [1.29, 1.82) is 0 Å². The van der Waals surface area contributed by atoms with Crippen LogP contribution in [0.4, 0.5) is 19.0 Å². The minimum Gasteiger partial charge on any atom is -0.383 e. The zero-order chi connectivity index (χ0) is 23.5. The second kappa shape index (κ2) is 8.27. The van der Waals surface area contributed by atoms with Gasteiger partial charge in [-0.2, -0.15) is 18.3 Å². The molecule has 0 amide bonds. The fourth-order valence-corrected chi connectivity index (χ4v) is 5.97. The van der Waals surface area contributed by atoms with Gasteiger partial charge in [-0.05, 0) is 57.1 Å². The highest BCUT2D eigenvalue weighted by molar-refractivity contribution is 5.63. The van der Waals surface area contributed by atoms with Gasteiger partial charge in [0, 0.05) is 48.0 Å². The van der Waals surface area contributed by atoms with Gasteiger partial charge < -0.3 is 10.5 Å². The average Bonchev–Trinajstić information content (AvgIpc) is 3.12. The molecule has 0 spiro atoms. The summed E-state index contributed by atoms with van der Waals surface area (Å²) in [5, 5.41) is 4.76. The molecule has 1 saturated heterocycles. The summed E-state index contributed by atoms with van der Waals surface area (Å²) in [4.78, 5) is 6.41. The first-order valence-corrected chi connectivity index (χ1v) is 11.9. The third-order valence-electron chi connectivity index (χ3n) is 7.94. The van der Waals surface area contributed by atoms with Gasteiger partial charge in [-0.25, -0.2) is 4.98 Å². The molecule has 3 fully saturated rings. The van der Waals surface area contributed by atoms with Crippen molar-refractivity contribution in [2.24, 2.45) is 11.8 Å². The van der Waals surface area contributed by atoms with E-state index in [1.54, 1.807) is 0 Å². The summed E-state index contributed by atoms with van der Waals surface area (Å²) in [7, 11) is 0. The SMILES string of the molecule is CCC(C)n1nc(-c2cnc(N)c(C(F)(F)F)c2)cc1C1[C@H]2CC(N3CCOC[C@@H]3C)C[C@@H]12. The van der Waals surface area contributed by atoms with Crippen molar-refractivity contribution in [3.8, 4) is 11.3 Å². The molecule has 2 aromatic rings. The van der Waals surface area contributed by atoms with E-state index in [2.05, 4.69) is 30.7 Å². The predicted octanol–water partition coefficient (Wildman–Crippen LogP) is 4.73. The molecule has 6 nitrogen and oxygen atoms in total. The first-order valence-electron chi connectivity index (χ1n) is 11.9. The van der Waals surface area contributed by atoms with E-state index < -0.39 is 17.6 Å². The quantitative estimate of drug-likeness (QED) is 0.694. The van der Waals surface area contributed by atoms with E-state index in [-0.39, 0.29) is 6.04 Å². The lowest BCUT2D eigenvalue weighted by molar-refractivity contribution is -0.137. The van der Waals surface area contributed by atoms with Gasteiger partial charge in [-0.1, -0.05) is 6.92 Å². The molecule has 9 heteroatoms. The van der Waals surface area contributed by atoms with Crippen LogP contribution in [0.3, 0.4) is 0 Å². The van der Waals surface area contributed by atoms with Gasteiger partial charge in [0.25, 0.3) is 0 Å². The summed E-state index contributed by atoms with van der Waals surface area (Å²) < 4.78 is 47.7. The zero-order valence-corrected chi connectivity index (χ0v) is 19.3. The van der Waals surface area contributed by atoms with Crippen molar-refractivity contribution in [3.05, 3.63) is 29.6 Å². The minimum atomic E-state index is -4.55. The molecule has 2 aliphatic carbocycles. The molecule has 1 aliphatic heterocycles. The van der Waals surface area contributed by atoms with E-state index >= 15 is 0 Å². The lowest BCUT2D eigenvalue weighted by Crippen LogP contribution is -2.49. The van der Waals surface area contributed by atoms with Crippen molar-refractivity contribution >= 4 is 5.82 Å². The Morgan fingerprint density at radius 3 is 2.61 bits per heavy atom. The Bertz CT molecular complexity index is 1010. The van der Waals surface area contributed by atoms with Crippen molar-refractivity contribution in [2.45, 2.75) is 70.3 Å². The summed E-state index contributed by atoms with van der Waals surface area (Å²) in [6.45, 7) is 9.05. The van der Waals surface area contributed by atoms with Crippen molar-refractivity contribution < 1.29 is 17.9 Å². The maximum atomic E-state index is 13.4. The van der Waals surface area contributed by atoms with Crippen LogP contribution >= 0.6 is 0 Å². The Morgan fingerprint density at radius 1 is 1.24 bits per heavy atom. The Kier molecular flexibility index (Phi) is 5.68. The summed E-state index contributed by atoms with van der Waals surface area (Å²) >= 11 is 0. The molecule has 0 radical (unpaired) electrons. The van der Waals surface area contributed by atoms with Gasteiger partial charge in [0.1, 0.15) is 5.82 Å². The number of nitrogens with zero attached hydrogens (tertiary/aromatic N) is 4. The molecule has 2 saturated carbocycles. The van der Waals surface area contributed by atoms with Crippen LogP contribution in [-0.4, -0.2) is 51.5 Å². The Morgan fingerprint density at radius 2 is 1.97 bits per heavy atom. The van der Waals surface area contributed by atoms with Crippen LogP contribution in [-0.2, 0) is 10.9 Å². The highest BCUT2D eigenvalue weighted by Gasteiger charge is 2.59. The monoisotopic (exact) mass is 463 g/mol. The number of alkyl halides is 3. The zero-order valence-electron chi connectivity index (χ0n) is 19.3. The van der Waals surface area contributed by atoms with E-state index in [0.717, 1.165) is 37.9 Å². The van der Waals surface area contributed by atoms with Gasteiger partial charge in [-0.15, -0.1) is 0 Å². The van der Waals surface area contributed by atoms with E-state index in [1.807, 2.05) is 10.7 Å². The topological polar surface area (TPSA) is 69.2 Å². The summed E-state index contributed by atoms with van der Waals surface area (Å²) in [6, 6.07) is 4.28. The largest absolute Gasteiger partial charge is 0.419 e. The molecule has 3 unspecified atom stereocenters. The third-order valence-corrected chi connectivity index (χ3v) is 7.94. The van der Waals surface area contributed by atoms with E-state index in [4.69, 9.17) is 15.6 Å². The number of halogens is 3. The Labute approximate surface area is 192 Å². The maximum absolute atomic E-state index is 13.4. The van der Waals surface area contributed by atoms with Crippen LogP contribution in [0.15, 0.2) is 18.3 Å². The maximum Gasteiger partial charge on any atom is 0.419 e. The van der Waals surface area contributed by atoms with Crippen LogP contribution in [0.1, 0.15) is 63.3 Å². The number of hydrogen-bond donors (Lipinski definition) is 1. The number of hydrogen-bond acceptors (Lipinski definition) is 5. The molecule has 2 N–H and O–H groups in total. The smallest absolute Gasteiger partial charge is 0.383 e.